The van der Waals surface area contributed by atoms with Crippen LogP contribution in [0.15, 0.2) is 102 Å². The predicted octanol–water partition coefficient (Wildman–Crippen LogP) is 8.46. The molecule has 1 aromatic heterocycles. The van der Waals surface area contributed by atoms with Crippen molar-refractivity contribution < 1.29 is 33.2 Å². The van der Waals surface area contributed by atoms with E-state index < -0.39 is 0 Å². The van der Waals surface area contributed by atoms with Gasteiger partial charge >= 0.3 is 0 Å². The van der Waals surface area contributed by atoms with E-state index in [-0.39, 0.29) is 6.10 Å². The van der Waals surface area contributed by atoms with E-state index in [0.717, 1.165) is 46.6 Å². The summed E-state index contributed by atoms with van der Waals surface area (Å²) in [7, 11) is 13.9. The third kappa shape index (κ3) is 9.68. The third-order valence-corrected chi connectivity index (χ3v) is 9.55. The van der Waals surface area contributed by atoms with Gasteiger partial charge in [0.2, 0.25) is 11.5 Å². The molecule has 3 aromatic carbocycles. The van der Waals surface area contributed by atoms with Crippen molar-refractivity contribution in [2.75, 3.05) is 74.7 Å². The molecule has 0 saturated heterocycles. The first-order chi connectivity index (χ1) is 26.2. The molecule has 0 radical (unpaired) electrons. The largest absolute Gasteiger partial charge is 0.493 e. The fraction of sp³-hybridized carbons (Fsp3) is 0.341. The van der Waals surface area contributed by atoms with Gasteiger partial charge in [0, 0.05) is 38.4 Å². The topological polar surface area (TPSA) is 84.0 Å². The van der Waals surface area contributed by atoms with Crippen LogP contribution in [0.25, 0.3) is 16.8 Å². The summed E-state index contributed by atoms with van der Waals surface area (Å²) in [5.41, 5.74) is 8.37. The quantitative estimate of drug-likeness (QED) is 0.105. The molecule has 286 valence electrons. The van der Waals surface area contributed by atoms with Crippen LogP contribution in [0.3, 0.4) is 0 Å². The number of hydrogen-bond donors (Lipinski definition) is 0. The molecule has 54 heavy (non-hydrogen) atoms. The van der Waals surface area contributed by atoms with Gasteiger partial charge in [0.25, 0.3) is 0 Å². The van der Waals surface area contributed by atoms with Gasteiger partial charge in [0.15, 0.2) is 23.0 Å². The summed E-state index contributed by atoms with van der Waals surface area (Å²) in [4.78, 5) is 9.27. The Labute approximate surface area is 320 Å². The molecule has 1 aliphatic carbocycles. The number of rotatable bonds is 17. The maximum absolute atomic E-state index is 6.65. The number of likely N-dealkylation sites (N-methyl/N-ethyl adjacent to an activating group) is 2. The van der Waals surface area contributed by atoms with Crippen molar-refractivity contribution >= 4 is 11.3 Å². The van der Waals surface area contributed by atoms with Gasteiger partial charge in [-0.25, -0.2) is 0 Å². The lowest BCUT2D eigenvalue weighted by molar-refractivity contribution is 0.0311. The summed E-state index contributed by atoms with van der Waals surface area (Å²) in [6.07, 6.45) is 10.2. The van der Waals surface area contributed by atoms with Crippen LogP contribution >= 0.6 is 0 Å². The van der Waals surface area contributed by atoms with Crippen molar-refractivity contribution in [3.05, 3.63) is 114 Å². The number of aromatic nitrogens is 1. The highest BCUT2D eigenvalue weighted by molar-refractivity contribution is 5.73. The number of nitrogens with zero attached hydrogens (tertiary/aromatic N) is 3. The molecular weight excluding hydrogens is 682 g/mol. The molecular formula is C44H53N3O7. The van der Waals surface area contributed by atoms with E-state index in [9.17, 15) is 0 Å². The zero-order valence-corrected chi connectivity index (χ0v) is 33.0. The van der Waals surface area contributed by atoms with Gasteiger partial charge in [-0.3, -0.25) is 4.98 Å². The van der Waals surface area contributed by atoms with Crippen LogP contribution in [-0.2, 0) is 11.3 Å². The molecule has 10 heteroatoms. The minimum absolute atomic E-state index is 0.131. The summed E-state index contributed by atoms with van der Waals surface area (Å²) >= 11 is 0. The Hall–Kier alpha value is -5.61. The number of methoxy groups -OCH3 is 6. The lowest BCUT2D eigenvalue weighted by Gasteiger charge is -2.31. The Morgan fingerprint density at radius 1 is 0.648 bits per heavy atom. The second-order valence-corrected chi connectivity index (χ2v) is 13.2. The smallest absolute Gasteiger partial charge is 0.203 e. The van der Waals surface area contributed by atoms with Crippen molar-refractivity contribution in [2.24, 2.45) is 0 Å². The Morgan fingerprint density at radius 2 is 1.22 bits per heavy atom. The molecule has 10 nitrogen and oxygen atoms in total. The van der Waals surface area contributed by atoms with E-state index in [0.29, 0.717) is 54.2 Å². The number of ether oxygens (including phenoxy) is 7. The number of benzene rings is 3. The molecule has 0 bridgehead atoms. The van der Waals surface area contributed by atoms with Gasteiger partial charge in [-0.15, -0.1) is 0 Å². The minimum Gasteiger partial charge on any atom is -0.493 e. The molecule has 0 amide bonds. The van der Waals surface area contributed by atoms with Crippen LogP contribution in [0.5, 0.6) is 34.5 Å². The molecule has 0 aliphatic heterocycles. The highest BCUT2D eigenvalue weighted by Gasteiger charge is 2.20. The molecule has 1 unspecified atom stereocenters. The maximum Gasteiger partial charge on any atom is 0.203 e. The van der Waals surface area contributed by atoms with Crippen molar-refractivity contribution in [1.82, 2.24) is 9.88 Å². The third-order valence-electron chi connectivity index (χ3n) is 9.55. The first kappa shape index (κ1) is 39.6. The monoisotopic (exact) mass is 735 g/mol. The van der Waals surface area contributed by atoms with E-state index in [2.05, 4.69) is 67.2 Å². The second kappa shape index (κ2) is 18.9. The first-order valence-corrected chi connectivity index (χ1v) is 17.9. The van der Waals surface area contributed by atoms with Crippen LogP contribution in [0.2, 0.25) is 0 Å². The molecule has 1 atom stereocenters. The van der Waals surface area contributed by atoms with Gasteiger partial charge in [-0.1, -0.05) is 42.0 Å². The van der Waals surface area contributed by atoms with Crippen LogP contribution in [-0.4, -0.2) is 85.8 Å². The Kier molecular flexibility index (Phi) is 13.9. The van der Waals surface area contributed by atoms with Crippen LogP contribution < -0.4 is 33.3 Å². The molecule has 0 saturated carbocycles. The minimum atomic E-state index is -0.131. The summed E-state index contributed by atoms with van der Waals surface area (Å²) < 4.78 is 40.2. The SMILES string of the molecule is COc1cc(C2=CC=C(N(C)CC(CN(C)c3ccc(-c4cc(OC)c(OC)c(OC)c4)nc3)OCc3ccccc3)C=C(C)CC2)cc(OC)c1OC. The molecule has 1 heterocycles. The highest BCUT2D eigenvalue weighted by atomic mass is 16.5. The van der Waals surface area contributed by atoms with Crippen molar-refractivity contribution in [3.63, 3.8) is 0 Å². The van der Waals surface area contributed by atoms with Crippen molar-refractivity contribution in [2.45, 2.75) is 32.5 Å². The Morgan fingerprint density at radius 3 is 1.76 bits per heavy atom. The summed E-state index contributed by atoms with van der Waals surface area (Å²) in [5.74, 6) is 3.56. The lowest BCUT2D eigenvalue weighted by atomic mass is 9.95. The van der Waals surface area contributed by atoms with E-state index in [1.807, 2.05) is 54.7 Å². The van der Waals surface area contributed by atoms with Crippen LogP contribution in [0, 0.1) is 0 Å². The summed E-state index contributed by atoms with van der Waals surface area (Å²) in [6.45, 7) is 4.00. The average molecular weight is 736 g/mol. The fourth-order valence-electron chi connectivity index (χ4n) is 6.50. The van der Waals surface area contributed by atoms with Crippen LogP contribution in [0.4, 0.5) is 5.69 Å². The molecule has 0 spiro atoms. The van der Waals surface area contributed by atoms with E-state index in [4.69, 9.17) is 38.1 Å². The number of allylic oxidation sites excluding steroid dienone is 5. The van der Waals surface area contributed by atoms with Crippen molar-refractivity contribution in [1.29, 1.82) is 0 Å². The van der Waals surface area contributed by atoms with E-state index in [1.165, 1.54) is 11.1 Å². The molecule has 1 aliphatic rings. The van der Waals surface area contributed by atoms with Crippen LogP contribution in [0.1, 0.15) is 30.9 Å². The molecule has 5 rings (SSSR count). The zero-order valence-electron chi connectivity index (χ0n) is 33.0. The fourth-order valence-corrected chi connectivity index (χ4v) is 6.50. The normalized spacial score (nSPS) is 13.3. The van der Waals surface area contributed by atoms with Gasteiger partial charge in [-0.2, -0.15) is 0 Å². The van der Waals surface area contributed by atoms with Gasteiger partial charge in [0.1, 0.15) is 0 Å². The Bertz CT molecular complexity index is 1890. The Balaban J connectivity index is 1.38. The second-order valence-electron chi connectivity index (χ2n) is 13.2. The zero-order chi connectivity index (χ0) is 38.6. The number of pyridine rings is 1. The molecule has 4 aromatic rings. The molecule has 0 N–H and O–H groups in total. The van der Waals surface area contributed by atoms with Crippen molar-refractivity contribution in [3.8, 4) is 45.8 Å². The summed E-state index contributed by atoms with van der Waals surface area (Å²) in [5, 5.41) is 0. The highest BCUT2D eigenvalue weighted by Crippen LogP contribution is 2.42. The average Bonchev–Trinajstić information content (AvgIpc) is 3.20. The van der Waals surface area contributed by atoms with E-state index >= 15 is 0 Å². The molecule has 0 fully saturated rings. The van der Waals surface area contributed by atoms with E-state index in [1.54, 1.807) is 42.7 Å². The van der Waals surface area contributed by atoms with Gasteiger partial charge in [-0.05, 0) is 85.0 Å². The first-order valence-electron chi connectivity index (χ1n) is 17.9. The van der Waals surface area contributed by atoms with Gasteiger partial charge in [0.05, 0.1) is 72.9 Å². The standard InChI is InChI=1S/C44H53N3O7/c1-30-15-16-32(33-22-39(48-4)43(52-8)40(23-33)49-5)17-18-35(21-30)46(2)27-37(54-29-31-13-11-10-12-14-31)28-47(3)36-19-20-38(45-26-36)34-24-41(50-6)44(53-9)42(25-34)51-7/h10-14,17-26,37H,15-16,27-29H2,1-9H3. The van der Waals surface area contributed by atoms with Gasteiger partial charge < -0.3 is 43.0 Å². The number of hydrogen-bond acceptors (Lipinski definition) is 10. The number of anilines is 1. The predicted molar refractivity (Wildman–Crippen MR) is 215 cm³/mol. The summed E-state index contributed by atoms with van der Waals surface area (Å²) in [6, 6.07) is 22.2. The lowest BCUT2D eigenvalue weighted by Crippen LogP contribution is -2.39. The maximum atomic E-state index is 6.65.